The van der Waals surface area contributed by atoms with Crippen LogP contribution in [-0.4, -0.2) is 50.7 Å². The fraction of sp³-hybridized carbons (Fsp3) is 0.458. The number of carbonyl (C=O) groups excluding carboxylic acids is 1. The van der Waals surface area contributed by atoms with Gasteiger partial charge in [-0.3, -0.25) is 4.99 Å². The third kappa shape index (κ3) is 5.94. The Hall–Kier alpha value is -2.77. The summed E-state index contributed by atoms with van der Waals surface area (Å²) in [7, 11) is -2.28. The lowest BCUT2D eigenvalue weighted by Crippen LogP contribution is -2.44. The van der Waals surface area contributed by atoms with Crippen molar-refractivity contribution in [3.63, 3.8) is 0 Å². The molecule has 14 heteroatoms. The van der Waals surface area contributed by atoms with E-state index < -0.39 is 56.3 Å². The molecule has 1 aromatic heterocycles. The molecular formula is C24H25ClF4N4O4S. The molecule has 0 bridgehead atoms. The Morgan fingerprint density at radius 3 is 2.47 bits per heavy atom. The molecule has 38 heavy (non-hydrogen) atoms. The summed E-state index contributed by atoms with van der Waals surface area (Å²) in [5.41, 5.74) is -0.0385. The number of allylic oxidation sites excluding steroid dienone is 4. The first-order valence-corrected chi connectivity index (χ1v) is 14.0. The summed E-state index contributed by atoms with van der Waals surface area (Å²) in [5, 5.41) is 2.46. The van der Waals surface area contributed by atoms with E-state index in [9.17, 15) is 30.8 Å². The van der Waals surface area contributed by atoms with E-state index in [4.69, 9.17) is 16.3 Å². The van der Waals surface area contributed by atoms with Crippen LogP contribution in [0.15, 0.2) is 51.3 Å². The van der Waals surface area contributed by atoms with Crippen LogP contribution < -0.4 is 10.0 Å². The standard InChI is InChI=1S/C24H25ClF4N4O4S/c1-37-24(34)17-20(11-3-5-13(6-4-11)33-38(2,35)36)31-23(22-16(28)9-12(26)10-30-22)32-21(17)14-7-8-15(27)19(29)18(14)25/h8-11,13-14,21,33H,3-7H2,1-2H3,(H,31,32)/t11?,13?,14?,21-/m1/s1. The minimum absolute atomic E-state index is 0.00458. The molecule has 1 saturated carbocycles. The predicted molar refractivity (Wildman–Crippen MR) is 132 cm³/mol. The number of halogens is 5. The monoisotopic (exact) mass is 576 g/mol. The van der Waals surface area contributed by atoms with Crippen LogP contribution in [0.1, 0.15) is 37.8 Å². The van der Waals surface area contributed by atoms with Crippen LogP contribution in [0, 0.1) is 23.5 Å². The van der Waals surface area contributed by atoms with Crippen LogP contribution in [0.5, 0.6) is 0 Å². The van der Waals surface area contributed by atoms with Gasteiger partial charge in [-0.15, -0.1) is 0 Å². The van der Waals surface area contributed by atoms with Gasteiger partial charge >= 0.3 is 5.97 Å². The van der Waals surface area contributed by atoms with Crippen molar-refractivity contribution in [3.05, 3.63) is 63.6 Å². The van der Waals surface area contributed by atoms with Gasteiger partial charge in [0.25, 0.3) is 0 Å². The highest BCUT2D eigenvalue weighted by Crippen LogP contribution is 2.42. The number of amidine groups is 1. The Balaban J connectivity index is 1.80. The molecule has 4 rings (SSSR count). The quantitative estimate of drug-likeness (QED) is 0.393. The summed E-state index contributed by atoms with van der Waals surface area (Å²) >= 11 is 6.19. The second kappa shape index (κ2) is 11.1. The van der Waals surface area contributed by atoms with Crippen molar-refractivity contribution in [1.29, 1.82) is 0 Å². The van der Waals surface area contributed by atoms with E-state index in [2.05, 4.69) is 20.0 Å². The second-order valence-electron chi connectivity index (χ2n) is 9.35. The Kier molecular flexibility index (Phi) is 8.29. The van der Waals surface area contributed by atoms with Crippen molar-refractivity contribution in [2.24, 2.45) is 16.8 Å². The second-order valence-corrected chi connectivity index (χ2v) is 11.5. The Bertz CT molecular complexity index is 1370. The number of rotatable bonds is 6. The molecule has 0 amide bonds. The molecule has 8 nitrogen and oxygen atoms in total. The number of esters is 1. The number of carbonyl (C=O) groups is 1. The molecule has 1 unspecified atom stereocenters. The topological polar surface area (TPSA) is 110 Å². The summed E-state index contributed by atoms with van der Waals surface area (Å²) in [6.07, 6.45) is 4.45. The van der Waals surface area contributed by atoms with Gasteiger partial charge in [0.2, 0.25) is 10.0 Å². The molecule has 1 aliphatic heterocycles. The minimum atomic E-state index is -3.43. The van der Waals surface area contributed by atoms with Crippen LogP contribution in [-0.2, 0) is 19.6 Å². The maximum absolute atomic E-state index is 14.7. The molecule has 0 radical (unpaired) electrons. The normalized spacial score (nSPS) is 26.5. The largest absolute Gasteiger partial charge is 0.466 e. The van der Waals surface area contributed by atoms with Gasteiger partial charge in [-0.1, -0.05) is 11.6 Å². The van der Waals surface area contributed by atoms with Gasteiger partial charge in [0, 0.05) is 23.7 Å². The van der Waals surface area contributed by atoms with Gasteiger partial charge in [-0.2, -0.15) is 0 Å². The van der Waals surface area contributed by atoms with Gasteiger partial charge in [0.1, 0.15) is 11.5 Å². The smallest absolute Gasteiger partial charge is 0.337 e. The maximum atomic E-state index is 14.7. The summed E-state index contributed by atoms with van der Waals surface area (Å²) < 4.78 is 87.6. The first-order valence-electron chi connectivity index (χ1n) is 11.8. The van der Waals surface area contributed by atoms with Crippen LogP contribution in [0.2, 0.25) is 0 Å². The van der Waals surface area contributed by atoms with E-state index in [0.717, 1.165) is 25.6 Å². The number of aliphatic imine (C=N–C) groups is 1. The number of methoxy groups -OCH3 is 1. The van der Waals surface area contributed by atoms with E-state index in [1.54, 1.807) is 0 Å². The first-order chi connectivity index (χ1) is 17.9. The zero-order chi connectivity index (χ0) is 27.8. The average Bonchev–Trinajstić information content (AvgIpc) is 2.86. The predicted octanol–water partition coefficient (Wildman–Crippen LogP) is 3.91. The molecule has 2 atom stereocenters. The summed E-state index contributed by atoms with van der Waals surface area (Å²) in [6.45, 7) is 0. The van der Waals surface area contributed by atoms with Crippen LogP contribution in [0.4, 0.5) is 17.6 Å². The van der Waals surface area contributed by atoms with Gasteiger partial charge in [0.05, 0.1) is 36.2 Å². The number of ether oxygens (including phenoxy) is 1. The molecule has 0 aromatic carbocycles. The van der Waals surface area contributed by atoms with Crippen molar-refractivity contribution in [2.75, 3.05) is 13.4 Å². The van der Waals surface area contributed by atoms with Gasteiger partial charge in [-0.25, -0.2) is 40.5 Å². The third-order valence-electron chi connectivity index (χ3n) is 6.74. The molecule has 0 spiro atoms. The van der Waals surface area contributed by atoms with E-state index in [0.29, 0.717) is 37.4 Å². The van der Waals surface area contributed by atoms with Crippen molar-refractivity contribution in [2.45, 2.75) is 44.2 Å². The molecule has 206 valence electrons. The molecule has 2 aliphatic carbocycles. The lowest BCUT2D eigenvalue weighted by Gasteiger charge is -2.37. The lowest BCUT2D eigenvalue weighted by molar-refractivity contribution is -0.136. The molecule has 1 aromatic rings. The fourth-order valence-corrected chi connectivity index (χ4v) is 6.16. The summed E-state index contributed by atoms with van der Waals surface area (Å²) in [4.78, 5) is 21.3. The molecule has 3 aliphatic rings. The van der Waals surface area contributed by atoms with E-state index in [-0.39, 0.29) is 35.5 Å². The van der Waals surface area contributed by atoms with Gasteiger partial charge in [0.15, 0.2) is 23.3 Å². The molecule has 1 fully saturated rings. The number of pyridine rings is 1. The SMILES string of the molecule is COC(=O)C1=C(C2CCC(NS(C)(=O)=O)CC2)NC(c2ncc(F)cc2F)=N[C@@H]1C1CC=C(F)C(F)=C1Cl. The van der Waals surface area contributed by atoms with Crippen molar-refractivity contribution in [1.82, 2.24) is 15.0 Å². The van der Waals surface area contributed by atoms with Gasteiger partial charge in [-0.05, 0) is 44.1 Å². The van der Waals surface area contributed by atoms with E-state index in [1.807, 2.05) is 0 Å². The fourth-order valence-electron chi connectivity index (χ4n) is 5.02. The zero-order valence-electron chi connectivity index (χ0n) is 20.4. The number of aromatic nitrogens is 1. The highest BCUT2D eigenvalue weighted by Gasteiger charge is 2.42. The minimum Gasteiger partial charge on any atom is -0.466 e. The molecule has 2 heterocycles. The summed E-state index contributed by atoms with van der Waals surface area (Å²) in [6, 6.07) is -0.909. The van der Waals surface area contributed by atoms with E-state index >= 15 is 0 Å². The Morgan fingerprint density at radius 1 is 1.18 bits per heavy atom. The Morgan fingerprint density at radius 2 is 1.87 bits per heavy atom. The summed E-state index contributed by atoms with van der Waals surface area (Å²) in [5.74, 6) is -6.71. The first kappa shape index (κ1) is 28.2. The number of hydrogen-bond donors (Lipinski definition) is 2. The lowest BCUT2D eigenvalue weighted by atomic mass is 9.78. The highest BCUT2D eigenvalue weighted by molar-refractivity contribution is 7.88. The molecule has 2 N–H and O–H groups in total. The van der Waals surface area contributed by atoms with Crippen molar-refractivity contribution in [3.8, 4) is 0 Å². The molecular weight excluding hydrogens is 552 g/mol. The molecule has 0 saturated heterocycles. The number of sulfonamides is 1. The zero-order valence-corrected chi connectivity index (χ0v) is 22.0. The number of nitrogens with zero attached hydrogens (tertiary/aromatic N) is 2. The van der Waals surface area contributed by atoms with Crippen molar-refractivity contribution < 1.29 is 35.5 Å². The number of hydrogen-bond acceptors (Lipinski definition) is 7. The third-order valence-corrected chi connectivity index (χ3v) is 7.95. The average molecular weight is 577 g/mol. The van der Waals surface area contributed by atoms with E-state index in [1.165, 1.54) is 0 Å². The van der Waals surface area contributed by atoms with Gasteiger partial charge < -0.3 is 10.1 Å². The van der Waals surface area contributed by atoms with Crippen LogP contribution >= 0.6 is 11.6 Å². The maximum Gasteiger partial charge on any atom is 0.337 e. The Labute approximate surface area is 221 Å². The van der Waals surface area contributed by atoms with Crippen molar-refractivity contribution >= 4 is 33.4 Å². The highest BCUT2D eigenvalue weighted by atomic mass is 35.5. The van der Waals surface area contributed by atoms with Crippen LogP contribution in [0.3, 0.4) is 0 Å². The number of nitrogens with one attached hydrogen (secondary N) is 2. The van der Waals surface area contributed by atoms with Crippen LogP contribution in [0.25, 0.3) is 0 Å².